The molecule has 0 fully saturated rings. The highest BCUT2D eigenvalue weighted by Crippen LogP contribution is 2.37. The fraction of sp³-hybridized carbons (Fsp3) is 0.0952. The zero-order chi connectivity index (χ0) is 20.4. The Labute approximate surface area is 179 Å². The van der Waals surface area contributed by atoms with Gasteiger partial charge in [0.25, 0.3) is 0 Å². The number of rotatable bonds is 5. The Balaban J connectivity index is 1.62. The zero-order valence-electron chi connectivity index (χ0n) is 15.4. The van der Waals surface area contributed by atoms with Gasteiger partial charge < -0.3 is 10.2 Å². The lowest BCUT2D eigenvalue weighted by Gasteiger charge is -2.19. The Kier molecular flexibility index (Phi) is 5.55. The van der Waals surface area contributed by atoms with E-state index in [0.717, 1.165) is 25.8 Å². The number of nitrogens with one attached hydrogen (secondary N) is 1. The minimum atomic E-state index is -0.397. The van der Waals surface area contributed by atoms with Gasteiger partial charge in [-0.3, -0.25) is 4.79 Å². The van der Waals surface area contributed by atoms with Gasteiger partial charge in [0, 0.05) is 28.2 Å². The highest BCUT2D eigenvalue weighted by atomic mass is 79.9. The molecule has 8 heteroatoms. The molecule has 0 saturated heterocycles. The summed E-state index contributed by atoms with van der Waals surface area (Å²) in [7, 11) is 1.80. The fourth-order valence-corrected chi connectivity index (χ4v) is 4.22. The molecule has 0 atom stereocenters. The Bertz CT molecular complexity index is 1180. The van der Waals surface area contributed by atoms with E-state index in [1.807, 2.05) is 29.6 Å². The molecule has 29 heavy (non-hydrogen) atoms. The van der Waals surface area contributed by atoms with Gasteiger partial charge >= 0.3 is 0 Å². The van der Waals surface area contributed by atoms with Gasteiger partial charge in [0.15, 0.2) is 0 Å². The standard InChI is InChI=1S/C21H16BrFN4OS/c1-27(10-18(28)26-16-4-2-3-15(23)9-16)20-19-17(11-29-21(19)25-12-24-20)13-5-7-14(22)8-6-13/h2-9,11-12H,10H2,1H3,(H,26,28). The van der Waals surface area contributed by atoms with E-state index < -0.39 is 5.82 Å². The second-order valence-corrected chi connectivity index (χ2v) is 8.22. The minimum absolute atomic E-state index is 0.0677. The third-order valence-corrected chi connectivity index (χ3v) is 5.77. The van der Waals surface area contributed by atoms with E-state index >= 15 is 0 Å². The highest BCUT2D eigenvalue weighted by molar-refractivity contribution is 9.10. The molecule has 0 aliphatic rings. The maximum Gasteiger partial charge on any atom is 0.243 e. The number of benzene rings is 2. The van der Waals surface area contributed by atoms with E-state index in [4.69, 9.17) is 0 Å². The molecule has 0 aliphatic carbocycles. The Morgan fingerprint density at radius 2 is 2.00 bits per heavy atom. The Hall–Kier alpha value is -2.84. The summed E-state index contributed by atoms with van der Waals surface area (Å²) in [6.07, 6.45) is 1.50. The van der Waals surface area contributed by atoms with Crippen molar-refractivity contribution >= 4 is 54.9 Å². The molecule has 1 amide bonds. The summed E-state index contributed by atoms with van der Waals surface area (Å²) in [5, 5.41) is 5.66. The lowest BCUT2D eigenvalue weighted by Crippen LogP contribution is -2.30. The van der Waals surface area contributed by atoms with E-state index in [1.54, 1.807) is 24.1 Å². The first kappa shape index (κ1) is 19.5. The van der Waals surface area contributed by atoms with Crippen LogP contribution in [0.3, 0.4) is 0 Å². The van der Waals surface area contributed by atoms with Crippen molar-refractivity contribution < 1.29 is 9.18 Å². The van der Waals surface area contributed by atoms with E-state index in [9.17, 15) is 9.18 Å². The number of fused-ring (bicyclic) bond motifs is 1. The van der Waals surface area contributed by atoms with Crippen LogP contribution >= 0.6 is 27.3 Å². The molecule has 0 unspecified atom stereocenters. The number of thiophene rings is 1. The molecular weight excluding hydrogens is 455 g/mol. The number of halogens is 2. The topological polar surface area (TPSA) is 58.1 Å². The van der Waals surface area contributed by atoms with E-state index in [1.165, 1.54) is 29.8 Å². The van der Waals surface area contributed by atoms with Crippen molar-refractivity contribution in [2.24, 2.45) is 0 Å². The first-order chi connectivity index (χ1) is 14.0. The van der Waals surface area contributed by atoms with Crippen molar-refractivity contribution in [3.8, 4) is 11.1 Å². The van der Waals surface area contributed by atoms with Gasteiger partial charge in [-0.15, -0.1) is 11.3 Å². The number of carbonyl (C=O) groups is 1. The van der Waals surface area contributed by atoms with Crippen LogP contribution in [0.2, 0.25) is 0 Å². The summed E-state index contributed by atoms with van der Waals surface area (Å²) in [4.78, 5) is 23.9. The number of likely N-dealkylation sites (N-methyl/N-ethyl adjacent to an activating group) is 1. The molecular formula is C21H16BrFN4OS. The van der Waals surface area contributed by atoms with Crippen molar-refractivity contribution in [3.63, 3.8) is 0 Å². The van der Waals surface area contributed by atoms with Crippen LogP contribution in [0.5, 0.6) is 0 Å². The summed E-state index contributed by atoms with van der Waals surface area (Å²) < 4.78 is 14.3. The van der Waals surface area contributed by atoms with Crippen molar-refractivity contribution in [1.82, 2.24) is 9.97 Å². The molecule has 0 bridgehead atoms. The molecule has 2 aromatic carbocycles. The minimum Gasteiger partial charge on any atom is -0.350 e. The van der Waals surface area contributed by atoms with Crippen molar-refractivity contribution in [3.05, 3.63) is 70.5 Å². The van der Waals surface area contributed by atoms with Crippen molar-refractivity contribution in [2.75, 3.05) is 23.8 Å². The van der Waals surface area contributed by atoms with Crippen LogP contribution in [0, 0.1) is 5.82 Å². The molecule has 0 saturated carbocycles. The monoisotopic (exact) mass is 470 g/mol. The average Bonchev–Trinajstić information content (AvgIpc) is 3.12. The maximum absolute atomic E-state index is 13.3. The summed E-state index contributed by atoms with van der Waals surface area (Å²) in [5.41, 5.74) is 2.49. The van der Waals surface area contributed by atoms with Crippen LogP contribution in [0.25, 0.3) is 21.3 Å². The van der Waals surface area contributed by atoms with E-state index in [-0.39, 0.29) is 12.5 Å². The number of anilines is 2. The molecule has 0 aliphatic heterocycles. The van der Waals surface area contributed by atoms with Crippen LogP contribution in [0.1, 0.15) is 0 Å². The fourth-order valence-electron chi connectivity index (χ4n) is 3.05. The van der Waals surface area contributed by atoms with Gasteiger partial charge in [0.05, 0.1) is 11.9 Å². The zero-order valence-corrected chi connectivity index (χ0v) is 17.8. The Morgan fingerprint density at radius 1 is 1.21 bits per heavy atom. The lowest BCUT2D eigenvalue weighted by molar-refractivity contribution is -0.114. The maximum atomic E-state index is 13.3. The van der Waals surface area contributed by atoms with Crippen LogP contribution in [0.15, 0.2) is 64.7 Å². The van der Waals surface area contributed by atoms with Gasteiger partial charge in [0.1, 0.15) is 22.8 Å². The largest absolute Gasteiger partial charge is 0.350 e. The van der Waals surface area contributed by atoms with Crippen LogP contribution < -0.4 is 10.2 Å². The predicted molar refractivity (Wildman–Crippen MR) is 119 cm³/mol. The number of aromatic nitrogens is 2. The normalized spacial score (nSPS) is 10.9. The summed E-state index contributed by atoms with van der Waals surface area (Å²) >= 11 is 4.99. The molecule has 146 valence electrons. The Morgan fingerprint density at radius 3 is 2.76 bits per heavy atom. The molecule has 0 radical (unpaired) electrons. The summed E-state index contributed by atoms with van der Waals surface area (Å²) in [5.74, 6) is 0.0138. The molecule has 2 aromatic heterocycles. The smallest absolute Gasteiger partial charge is 0.243 e. The SMILES string of the molecule is CN(CC(=O)Nc1cccc(F)c1)c1ncnc2scc(-c3ccc(Br)cc3)c12. The average molecular weight is 471 g/mol. The number of hydrogen-bond donors (Lipinski definition) is 1. The van der Waals surface area contributed by atoms with Gasteiger partial charge in [-0.2, -0.15) is 0 Å². The summed E-state index contributed by atoms with van der Waals surface area (Å²) in [6.45, 7) is 0.0677. The van der Waals surface area contributed by atoms with Gasteiger partial charge in [-0.25, -0.2) is 14.4 Å². The molecule has 1 N–H and O–H groups in total. The summed E-state index contributed by atoms with van der Waals surface area (Å²) in [6, 6.07) is 13.8. The van der Waals surface area contributed by atoms with Gasteiger partial charge in [-0.05, 0) is 35.9 Å². The van der Waals surface area contributed by atoms with Crippen molar-refractivity contribution in [1.29, 1.82) is 0 Å². The third kappa shape index (κ3) is 4.28. The van der Waals surface area contributed by atoms with Crippen LogP contribution in [-0.4, -0.2) is 29.5 Å². The first-order valence-corrected chi connectivity index (χ1v) is 10.4. The molecule has 4 aromatic rings. The quantitative estimate of drug-likeness (QED) is 0.427. The van der Waals surface area contributed by atoms with Crippen LogP contribution in [0.4, 0.5) is 15.9 Å². The molecule has 5 nitrogen and oxygen atoms in total. The van der Waals surface area contributed by atoms with Crippen molar-refractivity contribution in [2.45, 2.75) is 0 Å². The lowest BCUT2D eigenvalue weighted by atomic mass is 10.1. The van der Waals surface area contributed by atoms with Gasteiger partial charge in [-0.1, -0.05) is 34.1 Å². The number of carbonyl (C=O) groups excluding carboxylic acids is 1. The van der Waals surface area contributed by atoms with E-state index in [0.29, 0.717) is 11.5 Å². The number of hydrogen-bond acceptors (Lipinski definition) is 5. The second kappa shape index (κ2) is 8.26. The number of amides is 1. The molecule has 0 spiro atoms. The number of nitrogens with zero attached hydrogens (tertiary/aromatic N) is 3. The predicted octanol–water partition coefficient (Wildman–Crippen LogP) is 5.33. The first-order valence-electron chi connectivity index (χ1n) is 8.76. The third-order valence-electron chi connectivity index (χ3n) is 4.36. The van der Waals surface area contributed by atoms with E-state index in [2.05, 4.69) is 31.2 Å². The highest BCUT2D eigenvalue weighted by Gasteiger charge is 2.17. The molecule has 2 heterocycles. The van der Waals surface area contributed by atoms with Crippen LogP contribution in [-0.2, 0) is 4.79 Å². The molecule has 4 rings (SSSR count). The van der Waals surface area contributed by atoms with Gasteiger partial charge in [0.2, 0.25) is 5.91 Å². The second-order valence-electron chi connectivity index (χ2n) is 6.45.